The van der Waals surface area contributed by atoms with Crippen LogP contribution in [0.1, 0.15) is 205 Å². The average molecular weight is 745 g/mol. The smallest absolute Gasteiger partial charge is 0.0159 e. The minimum atomic E-state index is -0.0367. The second kappa shape index (κ2) is 11.3. The number of hydrogen-bond acceptors (Lipinski definition) is 0. The van der Waals surface area contributed by atoms with Crippen LogP contribution in [0, 0.1) is 11.8 Å². The molecule has 10 rings (SSSR count). The molecule has 0 unspecified atom stereocenters. The van der Waals surface area contributed by atoms with Crippen LogP contribution in [0.15, 0.2) is 60.7 Å². The van der Waals surface area contributed by atoms with Crippen LogP contribution in [0.5, 0.6) is 0 Å². The Morgan fingerprint density at radius 2 is 0.696 bits per heavy atom. The summed E-state index contributed by atoms with van der Waals surface area (Å²) in [5, 5.41) is 0. The van der Waals surface area contributed by atoms with Gasteiger partial charge < -0.3 is 0 Å². The zero-order valence-corrected chi connectivity index (χ0v) is 38.2. The van der Waals surface area contributed by atoms with Crippen molar-refractivity contribution in [3.8, 4) is 22.3 Å². The molecule has 0 nitrogen and oxygen atoms in total. The predicted octanol–water partition coefficient (Wildman–Crippen LogP) is 15.3. The lowest BCUT2D eigenvalue weighted by molar-refractivity contribution is -0.0277. The minimum absolute atomic E-state index is 0.0367. The number of hydrogen-bond donors (Lipinski definition) is 0. The first-order valence-corrected chi connectivity index (χ1v) is 22.4. The molecule has 4 fully saturated rings. The number of benzene rings is 4. The van der Waals surface area contributed by atoms with E-state index in [9.17, 15) is 0 Å². The fraction of sp³-hybridized carbons (Fsp3) is 0.571. The Morgan fingerprint density at radius 1 is 0.393 bits per heavy atom. The second-order valence-corrected chi connectivity index (χ2v) is 25.2. The van der Waals surface area contributed by atoms with Crippen LogP contribution in [0.2, 0.25) is 0 Å². The van der Waals surface area contributed by atoms with Crippen LogP contribution in [-0.4, -0.2) is 0 Å². The molecule has 0 radical (unpaired) electrons. The maximum atomic E-state index is 2.75. The van der Waals surface area contributed by atoms with Gasteiger partial charge in [0.25, 0.3) is 0 Å². The summed E-state index contributed by atoms with van der Waals surface area (Å²) in [6, 6.07) is 25.9. The summed E-state index contributed by atoms with van der Waals surface area (Å²) in [5.41, 5.74) is 22.5. The van der Waals surface area contributed by atoms with Crippen molar-refractivity contribution in [3.63, 3.8) is 0 Å². The maximum Gasteiger partial charge on any atom is 0.0159 e. The summed E-state index contributed by atoms with van der Waals surface area (Å²) in [7, 11) is 0. The van der Waals surface area contributed by atoms with Crippen LogP contribution in [0.25, 0.3) is 22.3 Å². The molecule has 0 aliphatic heterocycles. The minimum Gasteiger partial charge on any atom is -0.0579 e. The molecule has 4 bridgehead atoms. The highest BCUT2D eigenvalue weighted by Gasteiger charge is 2.61. The van der Waals surface area contributed by atoms with Crippen molar-refractivity contribution in [1.82, 2.24) is 0 Å². The van der Waals surface area contributed by atoms with Gasteiger partial charge in [0, 0.05) is 10.8 Å². The Hall–Kier alpha value is -3.12. The first-order chi connectivity index (χ1) is 25.7. The van der Waals surface area contributed by atoms with E-state index in [0.717, 1.165) is 11.8 Å². The molecule has 0 saturated heterocycles. The molecule has 0 amide bonds. The molecule has 0 N–H and O–H groups in total. The standard InChI is InChI=1S/C56H72/c1-49(2,3)35-17-19-39-41(22-35)53(13,14)43-24-37(51(7,8)9)26-45(47(39)43)55-28-33-21-34(29-55)31-56(30-33,32-55)46-27-38(52(10,11)12)25-44-48(46)40-20-18-36(50(4,5)6)23-42(40)54(44,15)16/h17-20,22-27,33-34H,21,28-32H2,1-16H3. The third kappa shape index (κ3) is 5.42. The molecule has 6 aliphatic rings. The first kappa shape index (κ1) is 38.4. The normalized spacial score (nSPS) is 26.9. The molecule has 0 spiro atoms. The van der Waals surface area contributed by atoms with Crippen LogP contribution in [0.3, 0.4) is 0 Å². The highest BCUT2D eigenvalue weighted by Crippen LogP contribution is 2.70. The van der Waals surface area contributed by atoms with E-state index in [1.165, 1.54) is 83.0 Å². The molecule has 0 heterocycles. The van der Waals surface area contributed by atoms with Gasteiger partial charge in [-0.25, -0.2) is 0 Å². The van der Waals surface area contributed by atoms with Gasteiger partial charge in [-0.1, -0.05) is 171 Å². The quantitative estimate of drug-likeness (QED) is 0.192. The average Bonchev–Trinajstić information content (AvgIpc) is 3.44. The summed E-state index contributed by atoms with van der Waals surface area (Å²) in [4.78, 5) is 0. The van der Waals surface area contributed by atoms with E-state index >= 15 is 0 Å². The van der Waals surface area contributed by atoms with E-state index in [2.05, 4.69) is 171 Å². The van der Waals surface area contributed by atoms with Gasteiger partial charge in [-0.2, -0.15) is 0 Å². The van der Waals surface area contributed by atoms with Crippen LogP contribution in [0.4, 0.5) is 0 Å². The number of fused-ring (bicyclic) bond motifs is 6. The molecule has 6 aliphatic carbocycles. The SMILES string of the molecule is CC(C)(C)c1ccc2c(c1)C(C)(C)c1cc(C(C)(C)C)cc(C34CC5CC(C3)CC(c3cc(C(C)(C)C)cc6c3-c3ccc(C(C)(C)C)cc3C6(C)C)(C5)C4)c1-2. The van der Waals surface area contributed by atoms with Crippen molar-refractivity contribution < 1.29 is 0 Å². The van der Waals surface area contributed by atoms with E-state index in [0.29, 0.717) is 0 Å². The van der Waals surface area contributed by atoms with E-state index in [-0.39, 0.29) is 43.3 Å². The molecule has 0 heteroatoms. The highest BCUT2D eigenvalue weighted by molar-refractivity contribution is 5.87. The largest absolute Gasteiger partial charge is 0.0579 e. The first-order valence-electron chi connectivity index (χ1n) is 22.4. The Balaban J connectivity index is 1.30. The van der Waals surface area contributed by atoms with Crippen LogP contribution in [-0.2, 0) is 43.3 Å². The van der Waals surface area contributed by atoms with Crippen molar-refractivity contribution in [2.75, 3.05) is 0 Å². The van der Waals surface area contributed by atoms with Crippen molar-refractivity contribution in [1.29, 1.82) is 0 Å². The zero-order valence-electron chi connectivity index (χ0n) is 38.2. The Bertz CT molecular complexity index is 2130. The topological polar surface area (TPSA) is 0 Å². The maximum absolute atomic E-state index is 2.75. The third-order valence-corrected chi connectivity index (χ3v) is 16.2. The van der Waals surface area contributed by atoms with Gasteiger partial charge >= 0.3 is 0 Å². The predicted molar refractivity (Wildman–Crippen MR) is 241 cm³/mol. The highest BCUT2D eigenvalue weighted by atomic mass is 14.6. The summed E-state index contributed by atoms with van der Waals surface area (Å²) in [5.74, 6) is 1.54. The molecule has 0 atom stereocenters. The lowest BCUT2D eigenvalue weighted by Gasteiger charge is -2.63. The van der Waals surface area contributed by atoms with E-state index in [4.69, 9.17) is 0 Å². The molecule has 56 heavy (non-hydrogen) atoms. The van der Waals surface area contributed by atoms with Gasteiger partial charge in [-0.05, 0) is 161 Å². The van der Waals surface area contributed by atoms with Crippen molar-refractivity contribution in [2.45, 2.75) is 193 Å². The van der Waals surface area contributed by atoms with Crippen molar-refractivity contribution in [3.05, 3.63) is 116 Å². The number of rotatable bonds is 2. The molecule has 4 aromatic rings. The molecular formula is C56H72. The fourth-order valence-electron chi connectivity index (χ4n) is 13.2. The van der Waals surface area contributed by atoms with Crippen LogP contribution >= 0.6 is 0 Å². The molecule has 4 saturated carbocycles. The Morgan fingerprint density at radius 3 is 1.02 bits per heavy atom. The van der Waals surface area contributed by atoms with Gasteiger partial charge in [-0.3, -0.25) is 0 Å². The molecule has 0 aromatic heterocycles. The summed E-state index contributed by atoms with van der Waals surface area (Å²) in [6.45, 7) is 39.0. The molecule has 296 valence electrons. The van der Waals surface area contributed by atoms with Crippen LogP contribution < -0.4 is 0 Å². The summed E-state index contributed by atoms with van der Waals surface area (Å²) in [6.07, 6.45) is 8.08. The van der Waals surface area contributed by atoms with E-state index in [1.54, 1.807) is 33.4 Å². The molecule has 4 aromatic carbocycles. The lowest BCUT2D eigenvalue weighted by Crippen LogP contribution is -2.56. The fourth-order valence-corrected chi connectivity index (χ4v) is 13.2. The third-order valence-electron chi connectivity index (χ3n) is 16.2. The van der Waals surface area contributed by atoms with E-state index in [1.807, 2.05) is 0 Å². The molecular weight excluding hydrogens is 673 g/mol. The van der Waals surface area contributed by atoms with Gasteiger partial charge in [0.1, 0.15) is 0 Å². The monoisotopic (exact) mass is 745 g/mol. The summed E-state index contributed by atoms with van der Waals surface area (Å²) >= 11 is 0. The van der Waals surface area contributed by atoms with Crippen molar-refractivity contribution in [2.24, 2.45) is 11.8 Å². The van der Waals surface area contributed by atoms with Gasteiger partial charge in [0.05, 0.1) is 0 Å². The van der Waals surface area contributed by atoms with Gasteiger partial charge in [-0.15, -0.1) is 0 Å². The zero-order chi connectivity index (χ0) is 40.6. The Labute approximate surface area is 341 Å². The lowest BCUT2D eigenvalue weighted by atomic mass is 9.41. The Kier molecular flexibility index (Phi) is 7.77. The van der Waals surface area contributed by atoms with Crippen molar-refractivity contribution >= 4 is 0 Å². The van der Waals surface area contributed by atoms with Gasteiger partial charge in [0.2, 0.25) is 0 Å². The van der Waals surface area contributed by atoms with Gasteiger partial charge in [0.15, 0.2) is 0 Å². The second-order valence-electron chi connectivity index (χ2n) is 25.2. The summed E-state index contributed by atoms with van der Waals surface area (Å²) < 4.78 is 0. The van der Waals surface area contributed by atoms with E-state index < -0.39 is 0 Å².